The minimum absolute atomic E-state index is 0.176. The van der Waals surface area contributed by atoms with E-state index in [0.717, 1.165) is 16.5 Å². The topological polar surface area (TPSA) is 48.4 Å². The number of nitrogens with two attached hydrogens (primary N) is 1. The number of aryl methyl sites for hydroxylation is 1. The molecule has 4 heteroatoms. The summed E-state index contributed by atoms with van der Waals surface area (Å²) < 4.78 is 25.0. The van der Waals surface area contributed by atoms with Gasteiger partial charge in [-0.1, -0.05) is 23.8 Å². The molecule has 0 aliphatic heterocycles. The molecule has 0 saturated heterocycles. The summed E-state index contributed by atoms with van der Waals surface area (Å²) in [6.07, 6.45) is 0. The fourth-order valence-corrected chi connectivity index (χ4v) is 2.42. The van der Waals surface area contributed by atoms with Gasteiger partial charge in [-0.05, 0) is 31.2 Å². The zero-order valence-corrected chi connectivity index (χ0v) is 11.9. The molecule has 0 radical (unpaired) electrons. The second-order valence-electron chi connectivity index (χ2n) is 5.03. The molecule has 2 N–H and O–H groups in total. The molecular weight excluding hydrogens is 269 g/mol. The zero-order chi connectivity index (χ0) is 15.0. The van der Waals surface area contributed by atoms with Gasteiger partial charge in [-0.2, -0.15) is 0 Å². The number of hydrogen-bond donors (Lipinski definition) is 1. The molecular formula is C17H16FNO2. The van der Waals surface area contributed by atoms with Crippen LogP contribution >= 0.6 is 0 Å². The van der Waals surface area contributed by atoms with Gasteiger partial charge in [0.2, 0.25) is 0 Å². The summed E-state index contributed by atoms with van der Waals surface area (Å²) in [5.41, 5.74) is 8.39. The third kappa shape index (κ3) is 2.38. The monoisotopic (exact) mass is 285 g/mol. The lowest BCUT2D eigenvalue weighted by atomic mass is 10.0. The minimum atomic E-state index is -0.673. The van der Waals surface area contributed by atoms with E-state index in [2.05, 4.69) is 0 Å². The van der Waals surface area contributed by atoms with Gasteiger partial charge in [0.25, 0.3) is 0 Å². The second kappa shape index (κ2) is 5.22. The first-order valence-corrected chi connectivity index (χ1v) is 6.68. The standard InChI is InChI=1S/C17H16FNO2/c1-10-6-7-13-11(8-10)9-15(21-13)17(19)12-4-3-5-14(20-2)16(12)18/h3-9,17H,19H2,1-2H3. The molecule has 1 unspecified atom stereocenters. The maximum atomic E-state index is 14.3. The van der Waals surface area contributed by atoms with Gasteiger partial charge >= 0.3 is 0 Å². The Kier molecular flexibility index (Phi) is 3.39. The van der Waals surface area contributed by atoms with Crippen molar-refractivity contribution in [3.8, 4) is 5.75 Å². The molecule has 0 saturated carbocycles. The van der Waals surface area contributed by atoms with Crippen molar-refractivity contribution in [2.45, 2.75) is 13.0 Å². The van der Waals surface area contributed by atoms with Gasteiger partial charge in [0, 0.05) is 10.9 Å². The lowest BCUT2D eigenvalue weighted by molar-refractivity contribution is 0.382. The van der Waals surface area contributed by atoms with Crippen molar-refractivity contribution in [2.75, 3.05) is 7.11 Å². The molecule has 108 valence electrons. The molecule has 0 aliphatic rings. The Bertz CT molecular complexity index is 795. The van der Waals surface area contributed by atoms with Gasteiger partial charge in [-0.3, -0.25) is 0 Å². The van der Waals surface area contributed by atoms with Gasteiger partial charge < -0.3 is 14.9 Å². The average Bonchev–Trinajstić information content (AvgIpc) is 2.89. The number of rotatable bonds is 3. The summed E-state index contributed by atoms with van der Waals surface area (Å²) in [4.78, 5) is 0. The Morgan fingerprint density at radius 1 is 1.19 bits per heavy atom. The highest BCUT2D eigenvalue weighted by Crippen LogP contribution is 2.31. The van der Waals surface area contributed by atoms with E-state index in [1.54, 1.807) is 18.2 Å². The fraction of sp³-hybridized carbons (Fsp3) is 0.176. The van der Waals surface area contributed by atoms with Gasteiger partial charge in [0.05, 0.1) is 13.2 Å². The first-order chi connectivity index (χ1) is 10.1. The number of hydrogen-bond acceptors (Lipinski definition) is 3. The molecule has 1 atom stereocenters. The molecule has 1 aromatic heterocycles. The molecule has 21 heavy (non-hydrogen) atoms. The van der Waals surface area contributed by atoms with E-state index in [1.165, 1.54) is 7.11 Å². The van der Waals surface area contributed by atoms with Crippen molar-refractivity contribution in [3.05, 3.63) is 65.2 Å². The van der Waals surface area contributed by atoms with Crippen molar-refractivity contribution in [2.24, 2.45) is 5.73 Å². The highest BCUT2D eigenvalue weighted by molar-refractivity contribution is 5.79. The maximum absolute atomic E-state index is 14.3. The summed E-state index contributed by atoms with van der Waals surface area (Å²) >= 11 is 0. The first-order valence-electron chi connectivity index (χ1n) is 6.68. The van der Waals surface area contributed by atoms with Gasteiger partial charge in [-0.15, -0.1) is 0 Å². The molecule has 0 fully saturated rings. The summed E-state index contributed by atoms with van der Waals surface area (Å²) in [6, 6.07) is 12.0. The molecule has 2 aromatic carbocycles. The molecule has 0 spiro atoms. The number of fused-ring (bicyclic) bond motifs is 1. The Morgan fingerprint density at radius 3 is 2.76 bits per heavy atom. The zero-order valence-electron chi connectivity index (χ0n) is 11.9. The number of benzene rings is 2. The lowest BCUT2D eigenvalue weighted by Gasteiger charge is -2.12. The van der Waals surface area contributed by atoms with Gasteiger partial charge in [0.1, 0.15) is 11.3 Å². The first kappa shape index (κ1) is 13.6. The number of furan rings is 1. The van der Waals surface area contributed by atoms with E-state index in [1.807, 2.05) is 31.2 Å². The normalized spacial score (nSPS) is 12.6. The van der Waals surface area contributed by atoms with E-state index in [0.29, 0.717) is 11.3 Å². The van der Waals surface area contributed by atoms with Crippen molar-refractivity contribution >= 4 is 11.0 Å². The second-order valence-corrected chi connectivity index (χ2v) is 5.03. The van der Waals surface area contributed by atoms with Crippen LogP contribution in [0, 0.1) is 12.7 Å². The predicted molar refractivity (Wildman–Crippen MR) is 79.9 cm³/mol. The minimum Gasteiger partial charge on any atom is -0.494 e. The van der Waals surface area contributed by atoms with Gasteiger partial charge in [0.15, 0.2) is 11.6 Å². The van der Waals surface area contributed by atoms with Crippen LogP contribution in [0.5, 0.6) is 5.75 Å². The Labute approximate surface area is 122 Å². The van der Waals surface area contributed by atoms with Crippen LogP contribution in [-0.4, -0.2) is 7.11 Å². The quantitative estimate of drug-likeness (QED) is 0.793. The fourth-order valence-electron chi connectivity index (χ4n) is 2.42. The summed E-state index contributed by atoms with van der Waals surface area (Å²) in [7, 11) is 1.43. The molecule has 0 bridgehead atoms. The van der Waals surface area contributed by atoms with Crippen molar-refractivity contribution in [3.63, 3.8) is 0 Å². The summed E-state index contributed by atoms with van der Waals surface area (Å²) in [6.45, 7) is 2.01. The van der Waals surface area contributed by atoms with Crippen LogP contribution in [0.15, 0.2) is 46.9 Å². The van der Waals surface area contributed by atoms with Crippen LogP contribution in [0.3, 0.4) is 0 Å². The van der Waals surface area contributed by atoms with Crippen molar-refractivity contribution in [1.29, 1.82) is 0 Å². The van der Waals surface area contributed by atoms with Crippen LogP contribution in [0.2, 0.25) is 0 Å². The van der Waals surface area contributed by atoms with E-state index in [-0.39, 0.29) is 5.75 Å². The SMILES string of the molecule is COc1cccc(C(N)c2cc3cc(C)ccc3o2)c1F. The maximum Gasteiger partial charge on any atom is 0.170 e. The van der Waals surface area contributed by atoms with Gasteiger partial charge in [-0.25, -0.2) is 4.39 Å². The molecule has 3 aromatic rings. The number of halogens is 1. The molecule has 3 rings (SSSR count). The van der Waals surface area contributed by atoms with E-state index in [4.69, 9.17) is 14.9 Å². The Hall–Kier alpha value is -2.33. The van der Waals surface area contributed by atoms with E-state index < -0.39 is 11.9 Å². The molecule has 0 aliphatic carbocycles. The van der Waals surface area contributed by atoms with E-state index >= 15 is 0 Å². The smallest absolute Gasteiger partial charge is 0.170 e. The molecule has 3 nitrogen and oxygen atoms in total. The highest BCUT2D eigenvalue weighted by atomic mass is 19.1. The Balaban J connectivity index is 2.06. The van der Waals surface area contributed by atoms with E-state index in [9.17, 15) is 4.39 Å². The van der Waals surface area contributed by atoms with Crippen molar-refractivity contribution < 1.29 is 13.5 Å². The Morgan fingerprint density at radius 2 is 2.00 bits per heavy atom. The summed E-state index contributed by atoms with van der Waals surface area (Å²) in [5.74, 6) is 0.252. The average molecular weight is 285 g/mol. The van der Waals surface area contributed by atoms with Crippen LogP contribution in [0.4, 0.5) is 4.39 Å². The largest absolute Gasteiger partial charge is 0.494 e. The van der Waals surface area contributed by atoms with Crippen LogP contribution in [0.1, 0.15) is 22.9 Å². The number of methoxy groups -OCH3 is 1. The van der Waals surface area contributed by atoms with Crippen molar-refractivity contribution in [1.82, 2.24) is 0 Å². The molecule has 0 amide bonds. The molecule has 1 heterocycles. The third-order valence-corrected chi connectivity index (χ3v) is 3.55. The predicted octanol–water partition coefficient (Wildman–Crippen LogP) is 3.94. The van der Waals surface area contributed by atoms with Crippen LogP contribution in [-0.2, 0) is 0 Å². The highest BCUT2D eigenvalue weighted by Gasteiger charge is 2.20. The summed E-state index contributed by atoms with van der Waals surface area (Å²) in [5, 5.41) is 0.962. The number of ether oxygens (including phenoxy) is 1. The van der Waals surface area contributed by atoms with Crippen LogP contribution < -0.4 is 10.5 Å². The van der Waals surface area contributed by atoms with Crippen LogP contribution in [0.25, 0.3) is 11.0 Å². The lowest BCUT2D eigenvalue weighted by Crippen LogP contribution is -2.13. The third-order valence-electron chi connectivity index (χ3n) is 3.55.